The van der Waals surface area contributed by atoms with Crippen LogP contribution in [0.3, 0.4) is 0 Å². The third-order valence-corrected chi connectivity index (χ3v) is 3.65. The highest BCUT2D eigenvalue weighted by molar-refractivity contribution is 5.75. The highest BCUT2D eigenvalue weighted by Crippen LogP contribution is 2.22. The first kappa shape index (κ1) is 17.0. The summed E-state index contributed by atoms with van der Waals surface area (Å²) in [5.74, 6) is -0.638. The highest BCUT2D eigenvalue weighted by Gasteiger charge is 2.21. The molecular formula is C15H27NO4. The van der Waals surface area contributed by atoms with Crippen molar-refractivity contribution in [2.45, 2.75) is 76.9 Å². The number of carboxylic acid groups (broad SMARTS) is 1. The molecule has 1 aliphatic rings. The molecule has 5 nitrogen and oxygen atoms in total. The van der Waals surface area contributed by atoms with Gasteiger partial charge >= 0.3 is 5.97 Å². The van der Waals surface area contributed by atoms with Crippen LogP contribution < -0.4 is 5.32 Å². The first-order valence-corrected chi connectivity index (χ1v) is 7.72. The van der Waals surface area contributed by atoms with Gasteiger partial charge in [0.1, 0.15) is 0 Å². The summed E-state index contributed by atoms with van der Waals surface area (Å²) < 4.78 is 5.67. The highest BCUT2D eigenvalue weighted by atomic mass is 16.5. The summed E-state index contributed by atoms with van der Waals surface area (Å²) in [5.41, 5.74) is 0. The van der Waals surface area contributed by atoms with Crippen LogP contribution in [0.4, 0.5) is 0 Å². The molecule has 1 rings (SSSR count). The Kier molecular flexibility index (Phi) is 8.26. The van der Waals surface area contributed by atoms with Crippen molar-refractivity contribution in [3.63, 3.8) is 0 Å². The van der Waals surface area contributed by atoms with Crippen LogP contribution in [0.25, 0.3) is 0 Å². The van der Waals surface area contributed by atoms with Crippen LogP contribution in [0.2, 0.25) is 0 Å². The third kappa shape index (κ3) is 8.15. The van der Waals surface area contributed by atoms with Gasteiger partial charge in [0.2, 0.25) is 5.91 Å². The number of carbonyl (C=O) groups excluding carboxylic acids is 1. The quantitative estimate of drug-likeness (QED) is 0.605. The summed E-state index contributed by atoms with van der Waals surface area (Å²) in [4.78, 5) is 21.9. The Bertz CT molecular complexity index is 306. The van der Waals surface area contributed by atoms with Crippen molar-refractivity contribution in [2.75, 3.05) is 6.54 Å². The van der Waals surface area contributed by atoms with Crippen molar-refractivity contribution < 1.29 is 19.4 Å². The standard InChI is InChI=1S/C15H27NO4/c1-12-7-8-13(20-12)9-10-14(17)16-11-5-3-2-4-6-15(18)19/h12-13H,2-11H2,1H3,(H,16,17)(H,18,19). The lowest BCUT2D eigenvalue weighted by molar-refractivity contribution is -0.137. The Morgan fingerprint density at radius 2 is 1.90 bits per heavy atom. The largest absolute Gasteiger partial charge is 0.481 e. The van der Waals surface area contributed by atoms with Crippen molar-refractivity contribution in [1.82, 2.24) is 5.32 Å². The van der Waals surface area contributed by atoms with Crippen LogP contribution in [-0.4, -0.2) is 35.7 Å². The van der Waals surface area contributed by atoms with E-state index in [1.54, 1.807) is 0 Å². The second-order valence-electron chi connectivity index (χ2n) is 5.59. The summed E-state index contributed by atoms with van der Waals surface area (Å²) in [7, 11) is 0. The minimum atomic E-state index is -0.734. The molecule has 5 heteroatoms. The van der Waals surface area contributed by atoms with E-state index in [4.69, 9.17) is 9.84 Å². The lowest BCUT2D eigenvalue weighted by Gasteiger charge is -2.10. The summed E-state index contributed by atoms with van der Waals surface area (Å²) in [6.45, 7) is 2.76. The summed E-state index contributed by atoms with van der Waals surface area (Å²) in [5, 5.41) is 11.4. The van der Waals surface area contributed by atoms with Crippen LogP contribution >= 0.6 is 0 Å². The number of aliphatic carboxylic acids is 1. The predicted molar refractivity (Wildman–Crippen MR) is 76.5 cm³/mol. The van der Waals surface area contributed by atoms with Crippen molar-refractivity contribution in [3.8, 4) is 0 Å². The van der Waals surface area contributed by atoms with Gasteiger partial charge in [-0.3, -0.25) is 9.59 Å². The zero-order valence-corrected chi connectivity index (χ0v) is 12.4. The number of carboxylic acids is 1. The number of hydrogen-bond donors (Lipinski definition) is 2. The first-order valence-electron chi connectivity index (χ1n) is 7.72. The van der Waals surface area contributed by atoms with Gasteiger partial charge in [-0.15, -0.1) is 0 Å². The average molecular weight is 285 g/mol. The van der Waals surface area contributed by atoms with Gasteiger partial charge in [0.15, 0.2) is 0 Å². The Morgan fingerprint density at radius 3 is 2.55 bits per heavy atom. The van der Waals surface area contributed by atoms with Crippen molar-refractivity contribution in [2.24, 2.45) is 0 Å². The zero-order chi connectivity index (χ0) is 14.8. The average Bonchev–Trinajstić information content (AvgIpc) is 2.81. The molecule has 0 aromatic rings. The normalized spacial score (nSPS) is 21.9. The molecular weight excluding hydrogens is 258 g/mol. The molecule has 0 aromatic carbocycles. The van der Waals surface area contributed by atoms with Crippen LogP contribution in [0.5, 0.6) is 0 Å². The maximum Gasteiger partial charge on any atom is 0.303 e. The molecule has 1 aliphatic heterocycles. The molecule has 1 saturated heterocycles. The second-order valence-corrected chi connectivity index (χ2v) is 5.59. The Labute approximate surface area is 121 Å². The van der Waals surface area contributed by atoms with Gasteiger partial charge in [0, 0.05) is 19.4 Å². The minimum Gasteiger partial charge on any atom is -0.481 e. The van der Waals surface area contributed by atoms with E-state index in [0.29, 0.717) is 19.1 Å². The Morgan fingerprint density at radius 1 is 1.15 bits per heavy atom. The molecule has 2 N–H and O–H groups in total. The van der Waals surface area contributed by atoms with Gasteiger partial charge in [-0.2, -0.15) is 0 Å². The number of rotatable bonds is 10. The van der Waals surface area contributed by atoms with E-state index >= 15 is 0 Å². The van der Waals surface area contributed by atoms with Crippen molar-refractivity contribution >= 4 is 11.9 Å². The Hall–Kier alpha value is -1.10. The number of nitrogens with one attached hydrogen (secondary N) is 1. The molecule has 20 heavy (non-hydrogen) atoms. The molecule has 0 radical (unpaired) electrons. The number of carbonyl (C=O) groups is 2. The summed E-state index contributed by atoms with van der Waals surface area (Å²) >= 11 is 0. The van der Waals surface area contributed by atoms with E-state index in [1.807, 2.05) is 0 Å². The molecule has 0 aliphatic carbocycles. The van der Waals surface area contributed by atoms with E-state index < -0.39 is 5.97 Å². The molecule has 1 heterocycles. The van der Waals surface area contributed by atoms with Gasteiger partial charge in [0.05, 0.1) is 12.2 Å². The fraction of sp³-hybridized carbons (Fsp3) is 0.867. The van der Waals surface area contributed by atoms with Gasteiger partial charge < -0.3 is 15.2 Å². The van der Waals surface area contributed by atoms with Crippen LogP contribution in [0.1, 0.15) is 64.7 Å². The minimum absolute atomic E-state index is 0.0960. The first-order chi connectivity index (χ1) is 9.58. The SMILES string of the molecule is CC1CCC(CCC(=O)NCCCCCCC(=O)O)O1. The van der Waals surface area contributed by atoms with Gasteiger partial charge in [-0.05, 0) is 39.0 Å². The van der Waals surface area contributed by atoms with Crippen LogP contribution in [0.15, 0.2) is 0 Å². The van der Waals surface area contributed by atoms with Crippen molar-refractivity contribution in [3.05, 3.63) is 0 Å². The fourth-order valence-electron chi connectivity index (χ4n) is 2.46. The molecule has 2 atom stereocenters. The molecule has 0 spiro atoms. The number of hydrogen-bond acceptors (Lipinski definition) is 3. The zero-order valence-electron chi connectivity index (χ0n) is 12.4. The predicted octanol–water partition coefficient (Wildman–Crippen LogP) is 2.49. The van der Waals surface area contributed by atoms with Gasteiger partial charge in [-0.1, -0.05) is 12.8 Å². The molecule has 0 aromatic heterocycles. The molecule has 2 unspecified atom stereocenters. The smallest absolute Gasteiger partial charge is 0.303 e. The fourth-order valence-corrected chi connectivity index (χ4v) is 2.46. The van der Waals surface area contributed by atoms with Crippen LogP contribution in [0, 0.1) is 0 Å². The Balaban J connectivity index is 1.89. The van der Waals surface area contributed by atoms with E-state index in [9.17, 15) is 9.59 Å². The maximum absolute atomic E-state index is 11.6. The molecule has 1 fully saturated rings. The number of amides is 1. The summed E-state index contributed by atoms with van der Waals surface area (Å²) in [6, 6.07) is 0. The molecule has 0 bridgehead atoms. The monoisotopic (exact) mass is 285 g/mol. The molecule has 1 amide bonds. The van der Waals surface area contributed by atoms with Crippen molar-refractivity contribution in [1.29, 1.82) is 0 Å². The van der Waals surface area contributed by atoms with Gasteiger partial charge in [-0.25, -0.2) is 0 Å². The lowest BCUT2D eigenvalue weighted by atomic mass is 10.1. The van der Waals surface area contributed by atoms with E-state index in [-0.39, 0.29) is 18.4 Å². The lowest BCUT2D eigenvalue weighted by Crippen LogP contribution is -2.25. The number of unbranched alkanes of at least 4 members (excludes halogenated alkanes) is 3. The third-order valence-electron chi connectivity index (χ3n) is 3.65. The van der Waals surface area contributed by atoms with E-state index in [0.717, 1.165) is 44.9 Å². The molecule has 116 valence electrons. The van der Waals surface area contributed by atoms with E-state index in [2.05, 4.69) is 12.2 Å². The second kappa shape index (κ2) is 9.75. The summed E-state index contributed by atoms with van der Waals surface area (Å²) in [6.07, 6.45) is 7.88. The number of ether oxygens (including phenoxy) is 1. The van der Waals surface area contributed by atoms with Gasteiger partial charge in [0.25, 0.3) is 0 Å². The molecule has 0 saturated carbocycles. The van der Waals surface area contributed by atoms with Crippen LogP contribution in [-0.2, 0) is 14.3 Å². The van der Waals surface area contributed by atoms with E-state index in [1.165, 1.54) is 0 Å². The topological polar surface area (TPSA) is 75.6 Å². The maximum atomic E-state index is 11.6.